The maximum atomic E-state index is 13.2. The van der Waals surface area contributed by atoms with Gasteiger partial charge in [0.05, 0.1) is 10.0 Å². The van der Waals surface area contributed by atoms with E-state index < -0.39 is 17.6 Å². The maximum Gasteiger partial charge on any atom is 0.416 e. The van der Waals surface area contributed by atoms with Crippen molar-refractivity contribution in [2.24, 2.45) is 0 Å². The van der Waals surface area contributed by atoms with Gasteiger partial charge in [-0.3, -0.25) is 0 Å². The Morgan fingerprint density at radius 1 is 1.00 bits per heavy atom. The summed E-state index contributed by atoms with van der Waals surface area (Å²) in [6, 6.07) is 8.90. The quantitative estimate of drug-likeness (QED) is 0.694. The van der Waals surface area contributed by atoms with Crippen molar-refractivity contribution in [1.82, 2.24) is 0 Å². The van der Waals surface area contributed by atoms with Gasteiger partial charge in [-0.1, -0.05) is 12.1 Å². The summed E-state index contributed by atoms with van der Waals surface area (Å²) < 4.78 is 56.0. The average molecular weight is 349 g/mol. The third-order valence-corrected chi connectivity index (χ3v) is 3.22. The molecule has 0 aliphatic carbocycles. The van der Waals surface area contributed by atoms with Crippen LogP contribution in [0.3, 0.4) is 0 Å². The highest BCUT2D eigenvalue weighted by Crippen LogP contribution is 2.29. The van der Waals surface area contributed by atoms with Gasteiger partial charge in [-0.15, -0.1) is 0 Å². The first-order chi connectivity index (χ1) is 9.36. The summed E-state index contributed by atoms with van der Waals surface area (Å²) in [4.78, 5) is 0. The van der Waals surface area contributed by atoms with Gasteiger partial charge in [0, 0.05) is 6.07 Å². The van der Waals surface area contributed by atoms with E-state index in [1.165, 1.54) is 24.3 Å². The van der Waals surface area contributed by atoms with Gasteiger partial charge in [-0.2, -0.15) is 13.2 Å². The minimum absolute atomic E-state index is 0.0687. The Bertz CT molecular complexity index is 593. The van der Waals surface area contributed by atoms with Crippen LogP contribution >= 0.6 is 15.9 Å². The fourth-order valence-corrected chi connectivity index (χ4v) is 1.77. The Hall–Kier alpha value is -1.56. The first-order valence-electron chi connectivity index (χ1n) is 5.60. The van der Waals surface area contributed by atoms with Gasteiger partial charge in [0.25, 0.3) is 0 Å². The predicted octanol–water partition coefficient (Wildman–Crippen LogP) is 5.19. The van der Waals surface area contributed by atoms with Crippen molar-refractivity contribution in [3.63, 3.8) is 0 Å². The van der Waals surface area contributed by atoms with Crippen molar-refractivity contribution < 1.29 is 22.3 Å². The summed E-state index contributed by atoms with van der Waals surface area (Å²) >= 11 is 3.01. The standard InChI is InChI=1S/C14H9BrF4O/c15-12-6-5-11(7-13(12)16)20-8-9-1-3-10(4-2-9)14(17,18)19/h1-7H,8H2. The Morgan fingerprint density at radius 2 is 1.65 bits per heavy atom. The van der Waals surface area contributed by atoms with E-state index in [1.54, 1.807) is 6.07 Å². The van der Waals surface area contributed by atoms with Gasteiger partial charge in [-0.05, 0) is 45.8 Å². The molecule has 0 saturated carbocycles. The van der Waals surface area contributed by atoms with Crippen molar-refractivity contribution in [3.05, 3.63) is 63.9 Å². The molecule has 0 N–H and O–H groups in total. The molecule has 0 fully saturated rings. The molecule has 0 radical (unpaired) electrons. The highest BCUT2D eigenvalue weighted by atomic mass is 79.9. The Labute approximate surface area is 121 Å². The van der Waals surface area contributed by atoms with Crippen molar-refractivity contribution in [1.29, 1.82) is 0 Å². The number of hydrogen-bond acceptors (Lipinski definition) is 1. The predicted molar refractivity (Wildman–Crippen MR) is 69.9 cm³/mol. The lowest BCUT2D eigenvalue weighted by atomic mass is 10.1. The van der Waals surface area contributed by atoms with Crippen LogP contribution < -0.4 is 4.74 Å². The minimum atomic E-state index is -4.35. The molecule has 0 atom stereocenters. The lowest BCUT2D eigenvalue weighted by Gasteiger charge is -2.09. The third-order valence-electron chi connectivity index (χ3n) is 2.58. The van der Waals surface area contributed by atoms with Crippen LogP contribution in [0.5, 0.6) is 5.75 Å². The fourth-order valence-electron chi connectivity index (χ4n) is 1.52. The molecule has 0 aromatic heterocycles. The molecular weight excluding hydrogens is 340 g/mol. The summed E-state index contributed by atoms with van der Waals surface area (Å²) in [6.07, 6.45) is -4.35. The summed E-state index contributed by atoms with van der Waals surface area (Å²) in [6.45, 7) is 0.0687. The lowest BCUT2D eigenvalue weighted by Crippen LogP contribution is -2.05. The van der Waals surface area contributed by atoms with Gasteiger partial charge in [-0.25, -0.2) is 4.39 Å². The van der Waals surface area contributed by atoms with Crippen LogP contribution in [-0.2, 0) is 12.8 Å². The normalized spacial score (nSPS) is 11.4. The van der Waals surface area contributed by atoms with Gasteiger partial charge >= 0.3 is 6.18 Å². The zero-order valence-electron chi connectivity index (χ0n) is 10.0. The number of hydrogen-bond donors (Lipinski definition) is 0. The van der Waals surface area contributed by atoms with Gasteiger partial charge in [0.15, 0.2) is 0 Å². The molecule has 0 heterocycles. The average Bonchev–Trinajstić information content (AvgIpc) is 2.40. The van der Waals surface area contributed by atoms with Crippen LogP contribution in [-0.4, -0.2) is 0 Å². The van der Waals surface area contributed by atoms with Crippen LogP contribution in [0.4, 0.5) is 17.6 Å². The molecule has 106 valence electrons. The van der Waals surface area contributed by atoms with E-state index in [4.69, 9.17) is 4.74 Å². The number of alkyl halides is 3. The highest BCUT2D eigenvalue weighted by molar-refractivity contribution is 9.10. The topological polar surface area (TPSA) is 9.23 Å². The molecule has 0 spiro atoms. The number of halogens is 5. The fraction of sp³-hybridized carbons (Fsp3) is 0.143. The first-order valence-corrected chi connectivity index (χ1v) is 6.39. The SMILES string of the molecule is Fc1cc(OCc2ccc(C(F)(F)F)cc2)ccc1Br. The van der Waals surface area contributed by atoms with Crippen molar-refractivity contribution >= 4 is 15.9 Å². The molecule has 0 bridgehead atoms. The molecule has 0 aliphatic rings. The van der Waals surface area contributed by atoms with Crippen LogP contribution in [0.15, 0.2) is 46.9 Å². The molecule has 0 unspecified atom stereocenters. The molecule has 2 aromatic rings. The number of rotatable bonds is 3. The van der Waals surface area contributed by atoms with E-state index in [1.807, 2.05) is 0 Å². The first kappa shape index (κ1) is 14.8. The van der Waals surface area contributed by atoms with Crippen LogP contribution in [0.25, 0.3) is 0 Å². The largest absolute Gasteiger partial charge is 0.489 e. The zero-order chi connectivity index (χ0) is 14.8. The van der Waals surface area contributed by atoms with E-state index in [0.29, 0.717) is 15.8 Å². The summed E-state index contributed by atoms with van der Waals surface area (Å²) in [5.74, 6) is -0.152. The van der Waals surface area contributed by atoms with Crippen molar-refractivity contribution in [2.75, 3.05) is 0 Å². The minimum Gasteiger partial charge on any atom is -0.489 e. The van der Waals surface area contributed by atoms with Crippen LogP contribution in [0.1, 0.15) is 11.1 Å². The second-order valence-corrected chi connectivity index (χ2v) is 4.91. The highest BCUT2D eigenvalue weighted by Gasteiger charge is 2.29. The Morgan fingerprint density at radius 3 is 2.20 bits per heavy atom. The van der Waals surface area contributed by atoms with E-state index >= 15 is 0 Å². The summed E-state index contributed by atoms with van der Waals surface area (Å²) in [5, 5.41) is 0. The number of benzene rings is 2. The third kappa shape index (κ3) is 3.72. The van der Waals surface area contributed by atoms with E-state index in [9.17, 15) is 17.6 Å². The Balaban J connectivity index is 2.02. The summed E-state index contributed by atoms with van der Waals surface area (Å²) in [5.41, 5.74) is -0.141. The monoisotopic (exact) mass is 348 g/mol. The van der Waals surface area contributed by atoms with Gasteiger partial charge < -0.3 is 4.74 Å². The molecule has 0 saturated heterocycles. The van der Waals surface area contributed by atoms with Crippen molar-refractivity contribution in [3.8, 4) is 5.75 Å². The molecule has 6 heteroatoms. The van der Waals surface area contributed by atoms with E-state index in [2.05, 4.69) is 15.9 Å². The molecule has 1 nitrogen and oxygen atoms in total. The molecule has 20 heavy (non-hydrogen) atoms. The van der Waals surface area contributed by atoms with Crippen molar-refractivity contribution in [2.45, 2.75) is 12.8 Å². The molecule has 0 amide bonds. The van der Waals surface area contributed by atoms with Gasteiger partial charge in [0.1, 0.15) is 18.2 Å². The second-order valence-electron chi connectivity index (χ2n) is 4.06. The smallest absolute Gasteiger partial charge is 0.416 e. The molecule has 0 aliphatic heterocycles. The van der Waals surface area contributed by atoms with Crippen LogP contribution in [0.2, 0.25) is 0 Å². The Kier molecular flexibility index (Phi) is 4.32. The molecule has 2 aromatic carbocycles. The van der Waals surface area contributed by atoms with Gasteiger partial charge in [0.2, 0.25) is 0 Å². The van der Waals surface area contributed by atoms with E-state index in [0.717, 1.165) is 12.1 Å². The second kappa shape index (κ2) is 5.83. The van der Waals surface area contributed by atoms with E-state index in [-0.39, 0.29) is 6.61 Å². The number of ether oxygens (including phenoxy) is 1. The molecule has 2 rings (SSSR count). The maximum absolute atomic E-state index is 13.2. The lowest BCUT2D eigenvalue weighted by molar-refractivity contribution is -0.137. The molecular formula is C14H9BrF4O. The van der Waals surface area contributed by atoms with Crippen LogP contribution in [0, 0.1) is 5.82 Å². The zero-order valence-corrected chi connectivity index (χ0v) is 11.6. The summed E-state index contributed by atoms with van der Waals surface area (Å²) in [7, 11) is 0.